The van der Waals surface area contributed by atoms with E-state index < -0.39 is 15.3 Å². The van der Waals surface area contributed by atoms with Crippen LogP contribution in [0.1, 0.15) is 6.42 Å². The molecule has 1 aromatic heterocycles. The maximum Gasteiger partial charge on any atom is 0.328 e. The zero-order chi connectivity index (χ0) is 16.0. The summed E-state index contributed by atoms with van der Waals surface area (Å²) in [6.45, 7) is -0.0230. The number of H-pyrrole nitrogens is 1. The Labute approximate surface area is 127 Å². The fourth-order valence-electron chi connectivity index (χ4n) is 1.66. The lowest BCUT2D eigenvalue weighted by atomic mass is 10.1. The van der Waals surface area contributed by atoms with Crippen molar-refractivity contribution in [2.45, 2.75) is 6.42 Å². The SMILES string of the molecule is N#CCCN=C(Nc1ccc(-c2cnc[nH]2)cc1)S(=O)(=O)O. The number of hydrogen-bond donors (Lipinski definition) is 3. The van der Waals surface area contributed by atoms with Crippen LogP contribution < -0.4 is 5.32 Å². The van der Waals surface area contributed by atoms with Gasteiger partial charge in [0.15, 0.2) is 0 Å². The van der Waals surface area contributed by atoms with Crippen molar-refractivity contribution in [2.24, 2.45) is 4.99 Å². The van der Waals surface area contributed by atoms with Gasteiger partial charge in [0.05, 0.1) is 37.3 Å². The van der Waals surface area contributed by atoms with Crippen LogP contribution in [0.15, 0.2) is 41.8 Å². The van der Waals surface area contributed by atoms with Gasteiger partial charge in [-0.05, 0) is 17.7 Å². The number of aromatic amines is 1. The standard InChI is InChI=1S/C13H13N5O3S/c14-6-1-7-16-13(22(19,20)21)18-11-4-2-10(3-5-11)12-8-15-9-17-12/h2-5,8-9H,1,7H2,(H,15,17)(H,16,18)(H,19,20,21). The molecule has 22 heavy (non-hydrogen) atoms. The number of aliphatic imine (C=N–C) groups is 1. The van der Waals surface area contributed by atoms with Gasteiger partial charge in [0.1, 0.15) is 0 Å². The summed E-state index contributed by atoms with van der Waals surface area (Å²) in [6.07, 6.45) is 3.27. The van der Waals surface area contributed by atoms with Gasteiger partial charge in [0, 0.05) is 5.69 Å². The third-order valence-corrected chi connectivity index (χ3v) is 3.39. The first-order valence-electron chi connectivity index (χ1n) is 6.25. The van der Waals surface area contributed by atoms with E-state index in [2.05, 4.69) is 20.3 Å². The summed E-state index contributed by atoms with van der Waals surface area (Å²) < 4.78 is 31.6. The summed E-state index contributed by atoms with van der Waals surface area (Å²) in [5.41, 5.74) is 2.14. The molecule has 0 aliphatic heterocycles. The molecule has 0 atom stereocenters. The Bertz CT molecular complexity index is 789. The fraction of sp³-hybridized carbons (Fsp3) is 0.154. The van der Waals surface area contributed by atoms with Crippen molar-refractivity contribution in [3.8, 4) is 17.3 Å². The van der Waals surface area contributed by atoms with Crippen molar-refractivity contribution >= 4 is 21.0 Å². The highest BCUT2D eigenvalue weighted by Gasteiger charge is 2.16. The molecule has 2 rings (SSSR count). The Kier molecular flexibility index (Phi) is 4.88. The molecule has 1 heterocycles. The molecule has 0 radical (unpaired) electrons. The first-order chi connectivity index (χ1) is 10.5. The minimum atomic E-state index is -4.48. The molecule has 3 N–H and O–H groups in total. The minimum absolute atomic E-state index is 0.0230. The molecule has 0 saturated carbocycles. The second-order valence-electron chi connectivity index (χ2n) is 4.24. The zero-order valence-electron chi connectivity index (χ0n) is 11.4. The van der Waals surface area contributed by atoms with Crippen LogP contribution >= 0.6 is 0 Å². The number of hydrogen-bond acceptors (Lipinski definition) is 5. The fourth-order valence-corrected chi connectivity index (χ4v) is 2.16. The summed E-state index contributed by atoms with van der Waals surface area (Å²) >= 11 is 0. The number of aromatic nitrogens is 2. The van der Waals surface area contributed by atoms with Gasteiger partial charge in [-0.15, -0.1) is 0 Å². The summed E-state index contributed by atoms with van der Waals surface area (Å²) in [5.74, 6) is 0. The first kappa shape index (κ1) is 15.7. The molecule has 0 saturated heterocycles. The molecule has 8 nitrogen and oxygen atoms in total. The second kappa shape index (κ2) is 6.84. The highest BCUT2D eigenvalue weighted by molar-refractivity contribution is 8.01. The van der Waals surface area contributed by atoms with Crippen LogP contribution in [0.2, 0.25) is 0 Å². The minimum Gasteiger partial charge on any atom is -0.345 e. The number of imidazole rings is 1. The highest BCUT2D eigenvalue weighted by atomic mass is 32.2. The van der Waals surface area contributed by atoms with E-state index in [4.69, 9.17) is 9.81 Å². The average molecular weight is 319 g/mol. The first-order valence-corrected chi connectivity index (χ1v) is 7.69. The molecule has 0 amide bonds. The number of anilines is 1. The Balaban J connectivity index is 2.17. The topological polar surface area (TPSA) is 131 Å². The second-order valence-corrected chi connectivity index (χ2v) is 5.57. The molecular weight excluding hydrogens is 306 g/mol. The van der Waals surface area contributed by atoms with Crippen molar-refractivity contribution in [1.82, 2.24) is 9.97 Å². The third-order valence-electron chi connectivity index (χ3n) is 2.67. The summed E-state index contributed by atoms with van der Waals surface area (Å²) in [4.78, 5) is 10.5. The molecular formula is C13H13N5O3S. The van der Waals surface area contributed by atoms with Crippen LogP contribution in [0.5, 0.6) is 0 Å². The van der Waals surface area contributed by atoms with Crippen LogP contribution in [0, 0.1) is 11.3 Å². The summed E-state index contributed by atoms with van der Waals surface area (Å²) in [6, 6.07) is 8.63. The van der Waals surface area contributed by atoms with Crippen molar-refractivity contribution in [3.63, 3.8) is 0 Å². The van der Waals surface area contributed by atoms with Crippen LogP contribution in [-0.2, 0) is 10.1 Å². The van der Waals surface area contributed by atoms with E-state index in [0.29, 0.717) is 5.69 Å². The lowest BCUT2D eigenvalue weighted by molar-refractivity contribution is 0.498. The summed E-state index contributed by atoms with van der Waals surface area (Å²) in [5, 5.41) is 10.4. The van der Waals surface area contributed by atoms with Crippen LogP contribution in [0.25, 0.3) is 11.3 Å². The quantitative estimate of drug-likeness (QED) is 0.340. The lowest BCUT2D eigenvalue weighted by Crippen LogP contribution is -2.23. The van der Waals surface area contributed by atoms with Gasteiger partial charge < -0.3 is 10.3 Å². The molecule has 9 heteroatoms. The molecule has 0 aliphatic carbocycles. The van der Waals surface area contributed by atoms with Gasteiger partial charge in [-0.3, -0.25) is 9.55 Å². The Morgan fingerprint density at radius 1 is 1.41 bits per heavy atom. The Morgan fingerprint density at radius 3 is 2.68 bits per heavy atom. The van der Waals surface area contributed by atoms with Gasteiger partial charge in [-0.25, -0.2) is 4.98 Å². The predicted octanol–water partition coefficient (Wildman–Crippen LogP) is 1.65. The van der Waals surface area contributed by atoms with Crippen molar-refractivity contribution in [2.75, 3.05) is 11.9 Å². The Morgan fingerprint density at radius 2 is 2.14 bits per heavy atom. The smallest absolute Gasteiger partial charge is 0.328 e. The van der Waals surface area contributed by atoms with E-state index in [1.807, 2.05) is 6.07 Å². The van der Waals surface area contributed by atoms with E-state index in [-0.39, 0.29) is 13.0 Å². The Hall–Kier alpha value is -2.70. The number of nitrogens with zero attached hydrogens (tertiary/aromatic N) is 3. The van der Waals surface area contributed by atoms with Crippen molar-refractivity contribution in [1.29, 1.82) is 5.26 Å². The predicted molar refractivity (Wildman–Crippen MR) is 81.7 cm³/mol. The maximum absolute atomic E-state index is 11.2. The molecule has 0 spiro atoms. The summed E-state index contributed by atoms with van der Waals surface area (Å²) in [7, 11) is -4.48. The van der Waals surface area contributed by atoms with Crippen molar-refractivity contribution in [3.05, 3.63) is 36.8 Å². The molecule has 0 unspecified atom stereocenters. The van der Waals surface area contributed by atoms with E-state index in [1.54, 1.807) is 36.8 Å². The number of nitrogens with one attached hydrogen (secondary N) is 2. The molecule has 1 aromatic carbocycles. The lowest BCUT2D eigenvalue weighted by Gasteiger charge is -2.07. The van der Waals surface area contributed by atoms with E-state index in [1.165, 1.54) is 0 Å². The number of nitriles is 1. The third kappa shape index (κ3) is 4.15. The number of amidine groups is 1. The molecule has 0 fully saturated rings. The van der Waals surface area contributed by atoms with E-state index in [9.17, 15) is 8.42 Å². The zero-order valence-corrected chi connectivity index (χ0v) is 12.2. The normalized spacial score (nSPS) is 11.9. The van der Waals surface area contributed by atoms with Crippen LogP contribution in [0.3, 0.4) is 0 Å². The van der Waals surface area contributed by atoms with Crippen molar-refractivity contribution < 1.29 is 13.0 Å². The van der Waals surface area contributed by atoms with Gasteiger partial charge in [0.2, 0.25) is 5.17 Å². The molecule has 2 aromatic rings. The maximum atomic E-state index is 11.2. The van der Waals surface area contributed by atoms with E-state index >= 15 is 0 Å². The highest BCUT2D eigenvalue weighted by Crippen LogP contribution is 2.19. The van der Waals surface area contributed by atoms with Gasteiger partial charge >= 0.3 is 10.1 Å². The van der Waals surface area contributed by atoms with Crippen LogP contribution in [-0.4, -0.2) is 34.7 Å². The number of rotatable bonds is 4. The molecule has 0 bridgehead atoms. The largest absolute Gasteiger partial charge is 0.345 e. The van der Waals surface area contributed by atoms with Crippen LogP contribution in [0.4, 0.5) is 5.69 Å². The average Bonchev–Trinajstić information content (AvgIpc) is 3.00. The molecule has 114 valence electrons. The molecule has 0 aliphatic rings. The monoisotopic (exact) mass is 319 g/mol. The van der Waals surface area contributed by atoms with E-state index in [0.717, 1.165) is 11.3 Å². The number of benzene rings is 1. The van der Waals surface area contributed by atoms with Gasteiger partial charge in [-0.1, -0.05) is 12.1 Å². The van der Waals surface area contributed by atoms with Gasteiger partial charge in [0.25, 0.3) is 0 Å². The van der Waals surface area contributed by atoms with Gasteiger partial charge in [-0.2, -0.15) is 13.7 Å².